The number of carbonyl (C=O) groups is 2. The van der Waals surface area contributed by atoms with Crippen molar-refractivity contribution in [3.8, 4) is 0 Å². The van der Waals surface area contributed by atoms with Crippen molar-refractivity contribution in [3.63, 3.8) is 0 Å². The lowest BCUT2D eigenvalue weighted by Crippen LogP contribution is -2.57. The summed E-state index contributed by atoms with van der Waals surface area (Å²) in [5.74, 6) is -0.549. The number of aldehydes is 1. The van der Waals surface area contributed by atoms with Crippen molar-refractivity contribution in [2.24, 2.45) is 11.8 Å². The van der Waals surface area contributed by atoms with Crippen molar-refractivity contribution < 1.29 is 27.9 Å². The second-order valence-corrected chi connectivity index (χ2v) is 11.3. The summed E-state index contributed by atoms with van der Waals surface area (Å²) in [5, 5.41) is 11.2. The Morgan fingerprint density at radius 2 is 1.61 bits per heavy atom. The summed E-state index contributed by atoms with van der Waals surface area (Å²) in [4.78, 5) is 27.5. The van der Waals surface area contributed by atoms with E-state index in [1.54, 1.807) is 13.0 Å². The summed E-state index contributed by atoms with van der Waals surface area (Å²) < 4.78 is 42.3. The van der Waals surface area contributed by atoms with Gasteiger partial charge in [0, 0.05) is 48.0 Å². The normalized spacial score (nSPS) is 19.3. The van der Waals surface area contributed by atoms with Gasteiger partial charge in [-0.2, -0.15) is 13.2 Å². The van der Waals surface area contributed by atoms with Gasteiger partial charge in [-0.25, -0.2) is 0 Å². The van der Waals surface area contributed by atoms with Crippen LogP contribution in [0.1, 0.15) is 53.6 Å². The third-order valence-corrected chi connectivity index (χ3v) is 8.38. The van der Waals surface area contributed by atoms with Gasteiger partial charge in [-0.3, -0.25) is 9.59 Å². The maximum Gasteiger partial charge on any atom is 0.430 e. The zero-order valence-corrected chi connectivity index (χ0v) is 22.6. The molecule has 1 N–H and O–H groups in total. The molecule has 2 fully saturated rings. The average Bonchev–Trinajstić information content (AvgIpc) is 2.87. The lowest BCUT2D eigenvalue weighted by atomic mass is 9.82. The fraction of sp³-hybridized carbons (Fsp3) is 0.500. The lowest BCUT2D eigenvalue weighted by molar-refractivity contribution is -0.262. The van der Waals surface area contributed by atoms with Crippen molar-refractivity contribution in [3.05, 3.63) is 63.1 Å². The molecule has 206 valence electrons. The summed E-state index contributed by atoms with van der Waals surface area (Å²) >= 11 is 12.1. The first kappa shape index (κ1) is 28.7. The smallest absolute Gasteiger partial charge is 0.371 e. The van der Waals surface area contributed by atoms with Gasteiger partial charge in [-0.05, 0) is 86.8 Å². The number of hydrogen-bond donors (Lipinski definition) is 1. The molecule has 0 aromatic heterocycles. The van der Waals surface area contributed by atoms with Gasteiger partial charge < -0.3 is 14.9 Å². The number of aliphatic hydroxyl groups is 1. The number of piperidine rings is 2. The third kappa shape index (κ3) is 5.97. The molecule has 0 unspecified atom stereocenters. The lowest BCUT2D eigenvalue weighted by Gasteiger charge is -2.40. The van der Waals surface area contributed by atoms with Crippen LogP contribution in [0.25, 0.3) is 0 Å². The summed E-state index contributed by atoms with van der Waals surface area (Å²) in [6, 6.07) is 9.06. The summed E-state index contributed by atoms with van der Waals surface area (Å²) in [6.07, 6.45) is -0.350. The molecule has 1 amide bonds. The first-order chi connectivity index (χ1) is 17.9. The Morgan fingerprint density at radius 1 is 1.00 bits per heavy atom. The second-order valence-electron chi connectivity index (χ2n) is 10.5. The Kier molecular flexibility index (Phi) is 8.65. The Morgan fingerprint density at radius 3 is 2.13 bits per heavy atom. The molecule has 38 heavy (non-hydrogen) atoms. The van der Waals surface area contributed by atoms with Crippen molar-refractivity contribution in [1.82, 2.24) is 4.90 Å². The zero-order valence-electron chi connectivity index (χ0n) is 21.1. The van der Waals surface area contributed by atoms with E-state index in [1.165, 1.54) is 6.07 Å². The van der Waals surface area contributed by atoms with Crippen molar-refractivity contribution in [2.75, 3.05) is 31.1 Å². The van der Waals surface area contributed by atoms with Crippen LogP contribution in [0.3, 0.4) is 0 Å². The number of rotatable bonds is 6. The Labute approximate surface area is 230 Å². The first-order valence-corrected chi connectivity index (χ1v) is 13.5. The van der Waals surface area contributed by atoms with Gasteiger partial charge in [0.15, 0.2) is 6.29 Å². The second kappa shape index (κ2) is 11.4. The monoisotopic (exact) mass is 570 g/mol. The number of hydrogen-bond acceptors (Lipinski definition) is 4. The Hall–Kier alpha value is -2.29. The van der Waals surface area contributed by atoms with E-state index in [2.05, 4.69) is 4.90 Å². The molecule has 2 aromatic carbocycles. The SMILES string of the molecule is Cc1cc(Cl)cc([C@@](O)(C(=O)N2CCC(CC3CCN(c4ccc(C=O)c(Cl)c4)CC3)CC2)C(F)(F)F)c1. The quantitative estimate of drug-likeness (QED) is 0.408. The number of aryl methyl sites for hydroxylation is 1. The summed E-state index contributed by atoms with van der Waals surface area (Å²) in [5.41, 5.74) is -2.33. The molecular formula is C28H31Cl2F3N2O3. The number of nitrogens with zero attached hydrogens (tertiary/aromatic N) is 2. The van der Waals surface area contributed by atoms with Gasteiger partial charge >= 0.3 is 6.18 Å². The molecule has 1 atom stereocenters. The minimum absolute atomic E-state index is 0.0290. The standard InChI is InChI=1S/C28H31Cl2F3N2O3/c1-18-12-22(15-23(29)13-18)27(38,28(31,32)33)26(37)35-10-6-20(7-11-35)14-19-4-8-34(9-5-19)24-3-2-21(17-36)25(30)16-24/h2-3,12-13,15-17,19-20,38H,4-11,14H2,1H3/t27-/m1/s1. The van der Waals surface area contributed by atoms with Crippen molar-refractivity contribution in [2.45, 2.75) is 50.8 Å². The highest BCUT2D eigenvalue weighted by Gasteiger charge is 2.62. The molecule has 5 nitrogen and oxygen atoms in total. The van der Waals surface area contributed by atoms with Crippen LogP contribution in [0.15, 0.2) is 36.4 Å². The molecule has 4 rings (SSSR count). The van der Waals surface area contributed by atoms with Gasteiger partial charge in [0.1, 0.15) is 0 Å². The van der Waals surface area contributed by atoms with E-state index in [1.807, 2.05) is 12.1 Å². The minimum atomic E-state index is -5.19. The zero-order chi connectivity index (χ0) is 27.7. The number of benzene rings is 2. The highest BCUT2D eigenvalue weighted by Crippen LogP contribution is 2.42. The third-order valence-electron chi connectivity index (χ3n) is 7.84. The number of carbonyl (C=O) groups excluding carboxylic acids is 2. The molecule has 10 heteroatoms. The van der Waals surface area contributed by atoms with Crippen LogP contribution >= 0.6 is 23.2 Å². The fourth-order valence-corrected chi connectivity index (χ4v) is 6.17. The molecule has 2 heterocycles. The summed E-state index contributed by atoms with van der Waals surface area (Å²) in [7, 11) is 0. The van der Waals surface area contributed by atoms with Crippen LogP contribution in [-0.2, 0) is 10.4 Å². The molecule has 2 aromatic rings. The number of anilines is 1. The minimum Gasteiger partial charge on any atom is -0.371 e. The molecule has 0 saturated carbocycles. The van der Waals surface area contributed by atoms with E-state index in [4.69, 9.17) is 23.2 Å². The number of amides is 1. The van der Waals surface area contributed by atoms with E-state index in [0.29, 0.717) is 40.8 Å². The van der Waals surface area contributed by atoms with E-state index >= 15 is 0 Å². The van der Waals surface area contributed by atoms with Gasteiger partial charge in [0.05, 0.1) is 5.02 Å². The van der Waals surface area contributed by atoms with E-state index in [-0.39, 0.29) is 18.1 Å². The Bertz CT molecular complexity index is 1160. The Balaban J connectivity index is 1.33. The molecular weight excluding hydrogens is 540 g/mol. The van der Waals surface area contributed by atoms with Gasteiger partial charge in [0.25, 0.3) is 11.5 Å². The highest BCUT2D eigenvalue weighted by molar-refractivity contribution is 6.33. The number of alkyl halides is 3. The van der Waals surface area contributed by atoms with E-state index in [9.17, 15) is 27.9 Å². The highest BCUT2D eigenvalue weighted by atomic mass is 35.5. The average molecular weight is 571 g/mol. The molecule has 0 bridgehead atoms. The maximum atomic E-state index is 14.1. The molecule has 0 aliphatic carbocycles. The number of halogens is 5. The van der Waals surface area contributed by atoms with Crippen LogP contribution in [0, 0.1) is 18.8 Å². The first-order valence-electron chi connectivity index (χ1n) is 12.8. The van der Waals surface area contributed by atoms with Crippen molar-refractivity contribution in [1.29, 1.82) is 0 Å². The van der Waals surface area contributed by atoms with Crippen LogP contribution in [0.2, 0.25) is 10.0 Å². The fourth-order valence-electron chi connectivity index (χ4n) is 5.66. The molecule has 2 aliphatic rings. The molecule has 0 radical (unpaired) electrons. The molecule has 2 aliphatic heterocycles. The van der Waals surface area contributed by atoms with Gasteiger partial charge in [-0.1, -0.05) is 29.3 Å². The van der Waals surface area contributed by atoms with E-state index < -0.39 is 23.2 Å². The topological polar surface area (TPSA) is 60.9 Å². The number of likely N-dealkylation sites (tertiary alicyclic amines) is 1. The van der Waals surface area contributed by atoms with Gasteiger partial charge in [-0.15, -0.1) is 0 Å². The van der Waals surface area contributed by atoms with E-state index in [0.717, 1.165) is 61.4 Å². The van der Waals surface area contributed by atoms with Crippen LogP contribution < -0.4 is 4.90 Å². The van der Waals surface area contributed by atoms with Crippen LogP contribution in [0.4, 0.5) is 18.9 Å². The van der Waals surface area contributed by atoms with Crippen molar-refractivity contribution >= 4 is 41.1 Å². The summed E-state index contributed by atoms with van der Waals surface area (Å²) in [6.45, 7) is 3.61. The molecule has 2 saturated heterocycles. The van der Waals surface area contributed by atoms with Crippen LogP contribution in [0.5, 0.6) is 0 Å². The van der Waals surface area contributed by atoms with Crippen LogP contribution in [-0.4, -0.2) is 54.6 Å². The van der Waals surface area contributed by atoms with Gasteiger partial charge in [0.2, 0.25) is 0 Å². The predicted octanol–water partition coefficient (Wildman–Crippen LogP) is 6.41. The largest absolute Gasteiger partial charge is 0.430 e. The predicted molar refractivity (Wildman–Crippen MR) is 142 cm³/mol. The molecule has 0 spiro atoms. The maximum absolute atomic E-state index is 14.1.